The minimum absolute atomic E-state index is 0.0589. The van der Waals surface area contributed by atoms with Crippen LogP contribution in [0.1, 0.15) is 48.1 Å². The summed E-state index contributed by atoms with van der Waals surface area (Å²) in [4.78, 5) is 12.3. The van der Waals surface area contributed by atoms with E-state index in [1.165, 1.54) is 0 Å². The number of nitrogens with one attached hydrogen (secondary N) is 1. The Morgan fingerprint density at radius 3 is 2.81 bits per heavy atom. The van der Waals surface area contributed by atoms with Gasteiger partial charge < -0.3 is 14.9 Å². The number of aliphatic hydroxyl groups excluding tert-OH is 1. The molecule has 1 aliphatic carbocycles. The monoisotopic (exact) mass is 353 g/mol. The largest absolute Gasteiger partial charge is 0.387 e. The van der Waals surface area contributed by atoms with E-state index < -0.39 is 6.10 Å². The molecular formula is C18H19N5O3. The van der Waals surface area contributed by atoms with Crippen LogP contribution >= 0.6 is 0 Å². The Labute approximate surface area is 149 Å². The minimum atomic E-state index is -0.634. The van der Waals surface area contributed by atoms with Crippen molar-refractivity contribution >= 4 is 5.91 Å². The molecule has 0 unspecified atom stereocenters. The highest BCUT2D eigenvalue weighted by atomic mass is 16.5. The van der Waals surface area contributed by atoms with Crippen molar-refractivity contribution in [3.8, 4) is 11.3 Å². The van der Waals surface area contributed by atoms with Crippen LogP contribution in [0.2, 0.25) is 0 Å². The van der Waals surface area contributed by atoms with Crippen LogP contribution in [-0.4, -0.2) is 37.2 Å². The van der Waals surface area contributed by atoms with Crippen molar-refractivity contribution in [1.29, 1.82) is 0 Å². The van der Waals surface area contributed by atoms with E-state index in [0.29, 0.717) is 11.5 Å². The summed E-state index contributed by atoms with van der Waals surface area (Å²) in [5.41, 5.74) is 1.70. The zero-order valence-electron chi connectivity index (χ0n) is 14.2. The van der Waals surface area contributed by atoms with E-state index in [1.807, 2.05) is 30.3 Å². The van der Waals surface area contributed by atoms with Gasteiger partial charge in [-0.05, 0) is 19.8 Å². The lowest BCUT2D eigenvalue weighted by molar-refractivity contribution is 0.0878. The van der Waals surface area contributed by atoms with E-state index in [9.17, 15) is 9.90 Å². The van der Waals surface area contributed by atoms with Crippen molar-refractivity contribution < 1.29 is 14.4 Å². The molecule has 0 radical (unpaired) electrons. The molecule has 2 heterocycles. The molecule has 1 saturated carbocycles. The first-order valence-corrected chi connectivity index (χ1v) is 8.53. The molecule has 1 atom stereocenters. The van der Waals surface area contributed by atoms with Gasteiger partial charge in [-0.3, -0.25) is 4.79 Å². The van der Waals surface area contributed by atoms with Gasteiger partial charge >= 0.3 is 0 Å². The summed E-state index contributed by atoms with van der Waals surface area (Å²) < 4.78 is 7.01. The van der Waals surface area contributed by atoms with Crippen molar-refractivity contribution in [2.24, 2.45) is 0 Å². The third kappa shape index (κ3) is 3.23. The van der Waals surface area contributed by atoms with Crippen LogP contribution in [0, 0.1) is 0 Å². The van der Waals surface area contributed by atoms with Crippen LogP contribution in [0.15, 0.2) is 47.1 Å². The zero-order valence-corrected chi connectivity index (χ0v) is 14.2. The Bertz CT molecular complexity index is 896. The highest BCUT2D eigenvalue weighted by molar-refractivity contribution is 5.93. The Morgan fingerprint density at radius 1 is 1.35 bits per heavy atom. The van der Waals surface area contributed by atoms with Gasteiger partial charge in [-0.2, -0.15) is 0 Å². The Balaban J connectivity index is 1.33. The SMILES string of the molecule is C[C@H](O)c1cn(C2CC(NC(=O)c3cc(-c4ccccc4)on3)C2)nn1. The van der Waals surface area contributed by atoms with Crippen molar-refractivity contribution in [3.63, 3.8) is 0 Å². The summed E-state index contributed by atoms with van der Waals surface area (Å²) in [6.07, 6.45) is 2.64. The number of benzene rings is 1. The summed E-state index contributed by atoms with van der Waals surface area (Å²) in [6, 6.07) is 11.4. The first-order chi connectivity index (χ1) is 12.6. The quantitative estimate of drug-likeness (QED) is 0.728. The summed E-state index contributed by atoms with van der Waals surface area (Å²) >= 11 is 0. The number of amides is 1. The van der Waals surface area contributed by atoms with Gasteiger partial charge in [0, 0.05) is 17.7 Å². The van der Waals surface area contributed by atoms with Gasteiger partial charge in [-0.1, -0.05) is 40.7 Å². The topological polar surface area (TPSA) is 106 Å². The first-order valence-electron chi connectivity index (χ1n) is 8.53. The van der Waals surface area contributed by atoms with Gasteiger partial charge in [-0.15, -0.1) is 5.10 Å². The Kier molecular flexibility index (Phi) is 4.26. The number of nitrogens with zero attached hydrogens (tertiary/aromatic N) is 4. The molecule has 2 aromatic heterocycles. The molecule has 3 aromatic rings. The van der Waals surface area contributed by atoms with Crippen molar-refractivity contribution in [3.05, 3.63) is 54.0 Å². The van der Waals surface area contributed by atoms with E-state index in [2.05, 4.69) is 20.8 Å². The third-order valence-electron chi connectivity index (χ3n) is 4.58. The van der Waals surface area contributed by atoms with Crippen LogP contribution in [-0.2, 0) is 0 Å². The highest BCUT2D eigenvalue weighted by Crippen LogP contribution is 2.32. The molecular weight excluding hydrogens is 334 g/mol. The molecule has 26 heavy (non-hydrogen) atoms. The second-order valence-corrected chi connectivity index (χ2v) is 6.54. The van der Waals surface area contributed by atoms with Gasteiger partial charge in [0.25, 0.3) is 5.91 Å². The summed E-state index contributed by atoms with van der Waals surface area (Å²) in [5, 5.41) is 24.3. The second-order valence-electron chi connectivity index (χ2n) is 6.54. The van der Waals surface area contributed by atoms with Gasteiger partial charge in [0.05, 0.1) is 18.3 Å². The normalized spacial score (nSPS) is 20.4. The number of carbonyl (C=O) groups excluding carboxylic acids is 1. The van der Waals surface area contributed by atoms with Crippen LogP contribution in [0.25, 0.3) is 11.3 Å². The Hall–Kier alpha value is -3.00. The average Bonchev–Trinajstić information content (AvgIpc) is 3.28. The highest BCUT2D eigenvalue weighted by Gasteiger charge is 2.33. The van der Waals surface area contributed by atoms with E-state index in [4.69, 9.17) is 4.52 Å². The number of carbonyl (C=O) groups is 1. The number of aromatic nitrogens is 4. The molecule has 4 rings (SSSR count). The molecule has 134 valence electrons. The number of hydrogen-bond acceptors (Lipinski definition) is 6. The van der Waals surface area contributed by atoms with Crippen molar-refractivity contribution in [1.82, 2.24) is 25.5 Å². The molecule has 0 spiro atoms. The number of hydrogen-bond donors (Lipinski definition) is 2. The van der Waals surface area contributed by atoms with E-state index >= 15 is 0 Å². The van der Waals surface area contributed by atoms with Crippen LogP contribution in [0.4, 0.5) is 0 Å². The minimum Gasteiger partial charge on any atom is -0.387 e. The molecule has 0 bridgehead atoms. The summed E-state index contributed by atoms with van der Waals surface area (Å²) in [7, 11) is 0. The lowest BCUT2D eigenvalue weighted by Gasteiger charge is -2.35. The number of aliphatic hydroxyl groups is 1. The third-order valence-corrected chi connectivity index (χ3v) is 4.58. The maximum absolute atomic E-state index is 12.3. The van der Waals surface area contributed by atoms with E-state index in [0.717, 1.165) is 18.4 Å². The molecule has 0 aliphatic heterocycles. The Morgan fingerprint density at radius 2 is 2.12 bits per heavy atom. The second kappa shape index (κ2) is 6.72. The van der Waals surface area contributed by atoms with Crippen LogP contribution in [0.3, 0.4) is 0 Å². The smallest absolute Gasteiger partial charge is 0.273 e. The van der Waals surface area contributed by atoms with Crippen molar-refractivity contribution in [2.75, 3.05) is 0 Å². The fourth-order valence-corrected chi connectivity index (χ4v) is 2.96. The van der Waals surface area contributed by atoms with Crippen LogP contribution < -0.4 is 5.32 Å². The fraction of sp³-hybridized carbons (Fsp3) is 0.333. The van der Waals surface area contributed by atoms with Crippen LogP contribution in [0.5, 0.6) is 0 Å². The average molecular weight is 353 g/mol. The molecule has 1 amide bonds. The lowest BCUT2D eigenvalue weighted by Crippen LogP contribution is -2.45. The molecule has 8 heteroatoms. The molecule has 2 N–H and O–H groups in total. The van der Waals surface area contributed by atoms with Gasteiger partial charge in [0.2, 0.25) is 0 Å². The first kappa shape index (κ1) is 16.5. The maximum atomic E-state index is 12.3. The maximum Gasteiger partial charge on any atom is 0.273 e. The van der Waals surface area contributed by atoms with Gasteiger partial charge in [0.1, 0.15) is 5.69 Å². The lowest BCUT2D eigenvalue weighted by atomic mass is 9.87. The predicted octanol–water partition coefficient (Wildman–Crippen LogP) is 2.12. The molecule has 1 aromatic carbocycles. The fourth-order valence-electron chi connectivity index (χ4n) is 2.96. The molecule has 8 nitrogen and oxygen atoms in total. The van der Waals surface area contributed by atoms with Gasteiger partial charge in [-0.25, -0.2) is 4.68 Å². The summed E-state index contributed by atoms with van der Waals surface area (Å²) in [6.45, 7) is 1.65. The molecule has 1 fully saturated rings. The molecule has 0 saturated heterocycles. The van der Waals surface area contributed by atoms with Crippen molar-refractivity contribution in [2.45, 2.75) is 38.0 Å². The molecule has 1 aliphatic rings. The van der Waals surface area contributed by atoms with Gasteiger partial charge in [0.15, 0.2) is 11.5 Å². The standard InChI is InChI=1S/C18H19N5O3/c1-11(24)16-10-23(22-20-16)14-7-13(8-14)19-18(25)15-9-17(26-21-15)12-5-3-2-4-6-12/h2-6,9-11,13-14,24H,7-8H2,1H3,(H,19,25)/t11-,13?,14?/m0/s1. The number of rotatable bonds is 5. The summed E-state index contributed by atoms with van der Waals surface area (Å²) in [5.74, 6) is 0.318. The van der Waals surface area contributed by atoms with E-state index in [-0.39, 0.29) is 23.7 Å². The van der Waals surface area contributed by atoms with E-state index in [1.54, 1.807) is 23.9 Å². The predicted molar refractivity (Wildman–Crippen MR) is 92.1 cm³/mol. The zero-order chi connectivity index (χ0) is 18.1.